The summed E-state index contributed by atoms with van der Waals surface area (Å²) in [5.74, 6) is 0.842. The Kier molecular flexibility index (Phi) is 4.97. The summed E-state index contributed by atoms with van der Waals surface area (Å²) < 4.78 is 6.46. The van der Waals surface area contributed by atoms with Crippen LogP contribution in [0.5, 0.6) is 5.75 Å². The van der Waals surface area contributed by atoms with Crippen molar-refractivity contribution in [2.45, 2.75) is 50.9 Å². The molecule has 0 saturated carbocycles. The number of likely N-dealkylation sites (tertiary alicyclic amines) is 1. The molecule has 2 N–H and O–H groups in total. The highest BCUT2D eigenvalue weighted by Crippen LogP contribution is 2.45. The van der Waals surface area contributed by atoms with Gasteiger partial charge in [-0.1, -0.05) is 30.3 Å². The van der Waals surface area contributed by atoms with Crippen LogP contribution in [-0.2, 0) is 0 Å². The fourth-order valence-corrected chi connectivity index (χ4v) is 4.37. The molecule has 0 aromatic heterocycles. The molecule has 0 bridgehead atoms. The molecule has 2 aliphatic heterocycles. The highest BCUT2D eigenvalue weighted by atomic mass is 16.5. The van der Waals surface area contributed by atoms with Gasteiger partial charge < -0.3 is 19.8 Å². The molecule has 2 aromatic carbocycles. The number of piperidine rings is 1. The fraction of sp³-hybridized carbons (Fsp3) is 0.478. The molecule has 0 aliphatic carbocycles. The quantitative estimate of drug-likeness (QED) is 0.869. The first-order valence-electron chi connectivity index (χ1n) is 9.89. The molecule has 2 atom stereocenters. The standard InChI is InChI=1S/C23H29NO3/c1-16-12-19-20(25)14-23(27-22(19)13-17(16)2)8-10-24(11-9-23)15-21(26)18-6-4-3-5-7-18/h3-7,12-13,20-21,25-26H,8-11,14-15H2,1-2H3/t20-,21-/m0/s1. The summed E-state index contributed by atoms with van der Waals surface area (Å²) >= 11 is 0. The number of benzene rings is 2. The number of fused-ring (bicyclic) bond motifs is 1. The number of hydrogen-bond donors (Lipinski definition) is 2. The average Bonchev–Trinajstić information content (AvgIpc) is 2.66. The van der Waals surface area contributed by atoms with Gasteiger partial charge in [0.2, 0.25) is 0 Å². The van der Waals surface area contributed by atoms with Gasteiger partial charge in [-0.15, -0.1) is 0 Å². The summed E-state index contributed by atoms with van der Waals surface area (Å²) in [7, 11) is 0. The SMILES string of the molecule is Cc1cc2c(cc1C)[C@@H](O)CC1(CCN(C[C@H](O)c3ccccc3)CC1)O2. The molecule has 2 aliphatic rings. The van der Waals surface area contributed by atoms with E-state index in [2.05, 4.69) is 30.9 Å². The number of hydrogen-bond acceptors (Lipinski definition) is 4. The van der Waals surface area contributed by atoms with Crippen molar-refractivity contribution >= 4 is 0 Å². The second-order valence-corrected chi connectivity index (χ2v) is 8.21. The van der Waals surface area contributed by atoms with Crippen LogP contribution >= 0.6 is 0 Å². The first-order valence-corrected chi connectivity index (χ1v) is 9.89. The maximum Gasteiger partial charge on any atom is 0.126 e. The smallest absolute Gasteiger partial charge is 0.126 e. The third-order valence-electron chi connectivity index (χ3n) is 6.26. The topological polar surface area (TPSA) is 52.9 Å². The van der Waals surface area contributed by atoms with Crippen LogP contribution in [0.4, 0.5) is 0 Å². The first kappa shape index (κ1) is 18.5. The van der Waals surface area contributed by atoms with Gasteiger partial charge in [-0.25, -0.2) is 0 Å². The van der Waals surface area contributed by atoms with Crippen molar-refractivity contribution in [2.24, 2.45) is 0 Å². The van der Waals surface area contributed by atoms with Crippen molar-refractivity contribution in [3.05, 3.63) is 64.7 Å². The Morgan fingerprint density at radius 1 is 1.11 bits per heavy atom. The van der Waals surface area contributed by atoms with Crippen LogP contribution in [0.3, 0.4) is 0 Å². The van der Waals surface area contributed by atoms with Crippen LogP contribution in [0, 0.1) is 13.8 Å². The lowest BCUT2D eigenvalue weighted by Crippen LogP contribution is -2.51. The van der Waals surface area contributed by atoms with E-state index in [-0.39, 0.29) is 5.60 Å². The predicted octanol–water partition coefficient (Wildman–Crippen LogP) is 3.69. The van der Waals surface area contributed by atoms with Gasteiger partial charge in [0.15, 0.2) is 0 Å². The van der Waals surface area contributed by atoms with Crippen molar-refractivity contribution < 1.29 is 14.9 Å². The van der Waals surface area contributed by atoms with E-state index in [4.69, 9.17) is 4.74 Å². The van der Waals surface area contributed by atoms with Gasteiger partial charge in [-0.2, -0.15) is 0 Å². The summed E-state index contributed by atoms with van der Waals surface area (Å²) in [6.45, 7) is 6.54. The molecule has 4 rings (SSSR count). The van der Waals surface area contributed by atoms with Gasteiger partial charge >= 0.3 is 0 Å². The van der Waals surface area contributed by atoms with Gasteiger partial charge in [-0.05, 0) is 55.5 Å². The molecule has 1 fully saturated rings. The van der Waals surface area contributed by atoms with Crippen molar-refractivity contribution in [2.75, 3.05) is 19.6 Å². The normalized spacial score (nSPS) is 22.9. The molecule has 2 aromatic rings. The van der Waals surface area contributed by atoms with E-state index >= 15 is 0 Å². The Balaban J connectivity index is 1.42. The molecular weight excluding hydrogens is 338 g/mol. The number of aliphatic hydroxyl groups excluding tert-OH is 2. The zero-order chi connectivity index (χ0) is 19.0. The number of ether oxygens (including phenoxy) is 1. The van der Waals surface area contributed by atoms with E-state index in [0.29, 0.717) is 13.0 Å². The maximum atomic E-state index is 10.7. The van der Waals surface area contributed by atoms with Crippen LogP contribution in [0.25, 0.3) is 0 Å². The lowest BCUT2D eigenvalue weighted by atomic mass is 9.81. The van der Waals surface area contributed by atoms with Gasteiger partial charge in [0.05, 0.1) is 12.2 Å². The minimum atomic E-state index is -0.468. The highest BCUT2D eigenvalue weighted by molar-refractivity contribution is 5.45. The molecule has 1 saturated heterocycles. The largest absolute Gasteiger partial charge is 0.487 e. The minimum absolute atomic E-state index is 0.289. The van der Waals surface area contributed by atoms with Gasteiger partial charge in [-0.3, -0.25) is 0 Å². The average molecular weight is 367 g/mol. The number of aryl methyl sites for hydroxylation is 2. The Morgan fingerprint density at radius 3 is 2.48 bits per heavy atom. The Morgan fingerprint density at radius 2 is 1.78 bits per heavy atom. The minimum Gasteiger partial charge on any atom is -0.487 e. The maximum absolute atomic E-state index is 10.7. The number of nitrogens with zero attached hydrogens (tertiary/aromatic N) is 1. The van der Waals surface area contributed by atoms with E-state index in [0.717, 1.165) is 42.8 Å². The molecule has 4 nitrogen and oxygen atoms in total. The van der Waals surface area contributed by atoms with Gasteiger partial charge in [0.1, 0.15) is 11.4 Å². The van der Waals surface area contributed by atoms with E-state index in [9.17, 15) is 10.2 Å². The van der Waals surface area contributed by atoms with Crippen molar-refractivity contribution in [1.29, 1.82) is 0 Å². The zero-order valence-corrected chi connectivity index (χ0v) is 16.2. The molecule has 0 amide bonds. The molecule has 0 radical (unpaired) electrons. The first-order chi connectivity index (χ1) is 13.0. The summed E-state index contributed by atoms with van der Waals surface area (Å²) in [6.07, 6.45) is 1.46. The molecule has 4 heteroatoms. The zero-order valence-electron chi connectivity index (χ0n) is 16.2. The second-order valence-electron chi connectivity index (χ2n) is 8.21. The number of β-amino-alcohol motifs (C(OH)–C–C–N with tert-alkyl or cyclic N) is 1. The van der Waals surface area contributed by atoms with Crippen molar-refractivity contribution in [1.82, 2.24) is 4.90 Å². The Bertz CT molecular complexity index is 797. The number of aliphatic hydroxyl groups is 2. The lowest BCUT2D eigenvalue weighted by Gasteiger charge is -2.46. The Labute approximate surface area is 161 Å². The molecule has 0 unspecified atom stereocenters. The van der Waals surface area contributed by atoms with Crippen LogP contribution in [0.1, 0.15) is 53.7 Å². The second kappa shape index (κ2) is 7.27. The molecule has 2 heterocycles. The fourth-order valence-electron chi connectivity index (χ4n) is 4.37. The lowest BCUT2D eigenvalue weighted by molar-refractivity contribution is -0.0588. The van der Waals surface area contributed by atoms with Crippen LogP contribution < -0.4 is 4.74 Å². The highest BCUT2D eigenvalue weighted by Gasteiger charge is 2.43. The monoisotopic (exact) mass is 367 g/mol. The summed E-state index contributed by atoms with van der Waals surface area (Å²) in [4.78, 5) is 2.30. The van der Waals surface area contributed by atoms with Gasteiger partial charge in [0, 0.05) is 31.6 Å². The predicted molar refractivity (Wildman–Crippen MR) is 106 cm³/mol. The Hall–Kier alpha value is -1.88. The van der Waals surface area contributed by atoms with E-state index in [1.165, 1.54) is 11.1 Å². The summed E-state index contributed by atoms with van der Waals surface area (Å²) in [5.41, 5.74) is 3.98. The molecule has 27 heavy (non-hydrogen) atoms. The summed E-state index contributed by atoms with van der Waals surface area (Å²) in [6, 6.07) is 14.0. The third kappa shape index (κ3) is 3.75. The van der Waals surface area contributed by atoms with E-state index in [1.807, 2.05) is 30.3 Å². The molecule has 144 valence electrons. The number of rotatable bonds is 3. The van der Waals surface area contributed by atoms with E-state index in [1.54, 1.807) is 0 Å². The van der Waals surface area contributed by atoms with Crippen molar-refractivity contribution in [3.63, 3.8) is 0 Å². The summed E-state index contributed by atoms with van der Waals surface area (Å²) in [5, 5.41) is 21.2. The molecule has 1 spiro atoms. The van der Waals surface area contributed by atoms with Gasteiger partial charge in [0.25, 0.3) is 0 Å². The third-order valence-corrected chi connectivity index (χ3v) is 6.26. The van der Waals surface area contributed by atoms with Crippen LogP contribution in [-0.4, -0.2) is 40.3 Å². The van der Waals surface area contributed by atoms with Crippen LogP contribution in [0.15, 0.2) is 42.5 Å². The van der Waals surface area contributed by atoms with Crippen molar-refractivity contribution in [3.8, 4) is 5.75 Å². The van der Waals surface area contributed by atoms with E-state index < -0.39 is 12.2 Å². The molecular formula is C23H29NO3. The van der Waals surface area contributed by atoms with Crippen LogP contribution in [0.2, 0.25) is 0 Å².